The van der Waals surface area contributed by atoms with Gasteiger partial charge in [-0.15, -0.1) is 0 Å². The average Bonchev–Trinajstić information content (AvgIpc) is 4.24. The van der Waals surface area contributed by atoms with Crippen molar-refractivity contribution in [1.29, 1.82) is 0 Å². The van der Waals surface area contributed by atoms with Crippen molar-refractivity contribution in [2.75, 3.05) is 52.9 Å². The van der Waals surface area contributed by atoms with E-state index >= 15 is 0 Å². The normalized spacial score (nSPS) is 11.5. The van der Waals surface area contributed by atoms with E-state index in [-0.39, 0.29) is 91.4 Å². The molecule has 0 fully saturated rings. The van der Waals surface area contributed by atoms with Gasteiger partial charge in [0, 0.05) is 38.5 Å². The molecule has 0 aliphatic carbocycles. The summed E-state index contributed by atoms with van der Waals surface area (Å²) in [6.45, 7) is -2.88. The molecule has 0 bridgehead atoms. The van der Waals surface area contributed by atoms with Crippen molar-refractivity contribution in [3.63, 3.8) is 0 Å². The number of rotatable bonds is 34. The zero-order valence-electron chi connectivity index (χ0n) is 39.3. The third-order valence-corrected chi connectivity index (χ3v) is 15.6. The van der Waals surface area contributed by atoms with E-state index in [0.717, 1.165) is 33.4 Å². The Morgan fingerprint density at radius 1 is 0.296 bits per heavy atom. The van der Waals surface area contributed by atoms with E-state index in [1.165, 1.54) is 68.0 Å². The molecule has 6 rings (SSSR count). The summed E-state index contributed by atoms with van der Waals surface area (Å²) in [7, 11) is 0. The first-order valence-corrected chi connectivity index (χ1v) is 28.8. The second kappa shape index (κ2) is 30.1. The van der Waals surface area contributed by atoms with Crippen LogP contribution in [-0.4, -0.2) is 88.7 Å². The summed E-state index contributed by atoms with van der Waals surface area (Å²) in [5.74, 6) is -3.16. The maximum atomic E-state index is 13.4. The van der Waals surface area contributed by atoms with Crippen LogP contribution >= 0.6 is 68.0 Å². The van der Waals surface area contributed by atoms with Gasteiger partial charge in [0.25, 0.3) is 0 Å². The topological polar surface area (TPSA) is 167 Å². The van der Waals surface area contributed by atoms with Crippen LogP contribution in [0.25, 0.3) is 0 Å². The van der Waals surface area contributed by atoms with Crippen LogP contribution < -0.4 is 0 Å². The summed E-state index contributed by atoms with van der Waals surface area (Å²) in [4.78, 5) is 80.3. The highest BCUT2D eigenvalue weighted by atomic mass is 32.1. The predicted octanol–water partition coefficient (Wildman–Crippen LogP) is 10.4. The average molecular weight is 1080 g/mol. The van der Waals surface area contributed by atoms with Crippen molar-refractivity contribution in [3.8, 4) is 0 Å². The summed E-state index contributed by atoms with van der Waals surface area (Å²) in [6, 6.07) is 11.6. The van der Waals surface area contributed by atoms with Gasteiger partial charge in [-0.3, -0.25) is 28.8 Å². The van der Waals surface area contributed by atoms with E-state index in [2.05, 4.69) is 0 Å². The molecule has 6 aromatic rings. The molecule has 13 nitrogen and oxygen atoms in total. The molecule has 71 heavy (non-hydrogen) atoms. The van der Waals surface area contributed by atoms with Crippen molar-refractivity contribution in [2.24, 2.45) is 10.8 Å². The third-order valence-electron chi connectivity index (χ3n) is 11.2. The SMILES string of the molecule is O=C(CCc1ccsc1)OCC(COCC(COC(=O)CCc1ccsc1)(COC(=O)CCc1ccsc1)COC(=O)CCc1ccsc1)(COC(=O)CCc1ccsc1)COC(=O)CCc1ccsc1. The molecule has 0 aliphatic heterocycles. The summed E-state index contributed by atoms with van der Waals surface area (Å²) in [6.07, 6.45) is 2.99. The summed E-state index contributed by atoms with van der Waals surface area (Å²) >= 11 is 9.11. The number of aryl methyl sites for hydroxylation is 6. The number of ether oxygens (including phenoxy) is 7. The molecular formula is C52H58O13S6. The van der Waals surface area contributed by atoms with Crippen molar-refractivity contribution in [3.05, 3.63) is 134 Å². The highest BCUT2D eigenvalue weighted by molar-refractivity contribution is 7.09. The van der Waals surface area contributed by atoms with Crippen LogP contribution in [0.1, 0.15) is 71.9 Å². The smallest absolute Gasteiger partial charge is 0.306 e. The molecule has 0 unspecified atom stereocenters. The Morgan fingerprint density at radius 2 is 0.479 bits per heavy atom. The van der Waals surface area contributed by atoms with Crippen LogP contribution in [-0.2, 0) is 100 Å². The second-order valence-electron chi connectivity index (χ2n) is 17.2. The highest BCUT2D eigenvalue weighted by Gasteiger charge is 2.41. The van der Waals surface area contributed by atoms with Crippen molar-refractivity contribution in [1.82, 2.24) is 0 Å². The Kier molecular flexibility index (Phi) is 23.5. The number of carbonyl (C=O) groups is 6. The van der Waals surface area contributed by atoms with Gasteiger partial charge in [0.15, 0.2) is 0 Å². The summed E-state index contributed by atoms with van der Waals surface area (Å²) < 4.78 is 41.9. The van der Waals surface area contributed by atoms with E-state index in [4.69, 9.17) is 33.2 Å². The maximum Gasteiger partial charge on any atom is 0.306 e. The number of hydrogen-bond donors (Lipinski definition) is 0. The largest absolute Gasteiger partial charge is 0.465 e. The van der Waals surface area contributed by atoms with E-state index in [1.807, 2.05) is 101 Å². The van der Waals surface area contributed by atoms with Crippen LogP contribution in [0.4, 0.5) is 0 Å². The van der Waals surface area contributed by atoms with Gasteiger partial charge in [-0.2, -0.15) is 68.0 Å². The van der Waals surface area contributed by atoms with E-state index in [9.17, 15) is 28.8 Å². The molecular weight excluding hydrogens is 1020 g/mol. The molecule has 0 aliphatic rings. The fourth-order valence-electron chi connectivity index (χ4n) is 6.91. The molecule has 0 spiro atoms. The van der Waals surface area contributed by atoms with Crippen LogP contribution in [0.3, 0.4) is 0 Å². The van der Waals surface area contributed by atoms with E-state index in [1.54, 1.807) is 0 Å². The molecule has 0 atom stereocenters. The minimum absolute atomic E-state index is 0.0605. The van der Waals surface area contributed by atoms with Crippen LogP contribution in [0.5, 0.6) is 0 Å². The fourth-order valence-corrected chi connectivity index (χ4v) is 11.1. The Labute approximate surface area is 438 Å². The Hall–Kier alpha value is -5.02. The standard InChI is InChI=1S/C52H58O13S6/c53-45(7-1-39-13-19-66-25-39)60-33-51(34-61-46(54)8-2-40-14-20-67-26-40,35-62-47(55)9-3-41-15-21-68-27-41)31-59-32-52(36-63-48(56)10-4-42-16-22-69-28-42,37-64-49(57)11-5-43-17-23-70-29-43)38-65-50(58)12-6-44-18-24-71-30-44/h13-30H,1-12,31-38H2. The molecule has 0 aromatic carbocycles. The molecule has 0 N–H and O–H groups in total. The summed E-state index contributed by atoms with van der Waals surface area (Å²) in [5.41, 5.74) is 2.95. The van der Waals surface area contributed by atoms with Gasteiger partial charge in [-0.05, 0) is 173 Å². The number of hydrogen-bond acceptors (Lipinski definition) is 19. The third kappa shape index (κ3) is 20.9. The predicted molar refractivity (Wildman–Crippen MR) is 277 cm³/mol. The minimum atomic E-state index is -1.45. The molecule has 0 saturated carbocycles. The lowest BCUT2D eigenvalue weighted by Gasteiger charge is -2.35. The van der Waals surface area contributed by atoms with Gasteiger partial charge in [0.1, 0.15) is 39.6 Å². The van der Waals surface area contributed by atoms with Gasteiger partial charge < -0.3 is 33.2 Å². The fraction of sp³-hybridized carbons (Fsp3) is 0.423. The molecule has 6 heterocycles. The second-order valence-corrected chi connectivity index (χ2v) is 21.9. The quantitative estimate of drug-likeness (QED) is 0.0277. The van der Waals surface area contributed by atoms with Gasteiger partial charge in [-0.1, -0.05) is 0 Å². The zero-order chi connectivity index (χ0) is 50.0. The van der Waals surface area contributed by atoms with Gasteiger partial charge in [-0.25, -0.2) is 0 Å². The van der Waals surface area contributed by atoms with Crippen LogP contribution in [0.15, 0.2) is 101 Å². The van der Waals surface area contributed by atoms with Crippen LogP contribution in [0, 0.1) is 10.8 Å². The molecule has 0 amide bonds. The molecule has 380 valence electrons. The molecule has 6 aromatic heterocycles. The zero-order valence-corrected chi connectivity index (χ0v) is 44.2. The molecule has 0 radical (unpaired) electrons. The molecule has 0 saturated heterocycles. The Balaban J connectivity index is 1.24. The minimum Gasteiger partial charge on any atom is -0.465 e. The molecule has 19 heteroatoms. The van der Waals surface area contributed by atoms with Gasteiger partial charge in [0.05, 0.1) is 24.0 Å². The number of esters is 6. The Bertz CT molecular complexity index is 2010. The van der Waals surface area contributed by atoms with E-state index in [0.29, 0.717) is 38.5 Å². The van der Waals surface area contributed by atoms with Crippen molar-refractivity contribution >= 4 is 104 Å². The number of carbonyl (C=O) groups excluding carboxylic acids is 6. The first kappa shape index (κ1) is 55.3. The van der Waals surface area contributed by atoms with Gasteiger partial charge in [0.2, 0.25) is 0 Å². The van der Waals surface area contributed by atoms with Crippen LogP contribution in [0.2, 0.25) is 0 Å². The van der Waals surface area contributed by atoms with E-state index < -0.39 is 46.6 Å². The first-order chi connectivity index (χ1) is 34.5. The monoisotopic (exact) mass is 1080 g/mol. The van der Waals surface area contributed by atoms with Crippen molar-refractivity contribution < 1.29 is 61.9 Å². The van der Waals surface area contributed by atoms with Gasteiger partial charge >= 0.3 is 35.8 Å². The lowest BCUT2D eigenvalue weighted by molar-refractivity contribution is -0.175. The lowest BCUT2D eigenvalue weighted by atomic mass is 9.90. The summed E-state index contributed by atoms with van der Waals surface area (Å²) in [5, 5.41) is 23.2. The first-order valence-electron chi connectivity index (χ1n) is 23.1. The highest BCUT2D eigenvalue weighted by Crippen LogP contribution is 2.28. The lowest BCUT2D eigenvalue weighted by Crippen LogP contribution is -2.47. The Morgan fingerprint density at radius 3 is 0.634 bits per heavy atom. The van der Waals surface area contributed by atoms with Crippen molar-refractivity contribution in [2.45, 2.75) is 77.0 Å². The maximum absolute atomic E-state index is 13.4. The number of thiophene rings is 6.